The number of hydrogen-bond donors (Lipinski definition) is 1. The zero-order valence-electron chi connectivity index (χ0n) is 13.5. The van der Waals surface area contributed by atoms with Crippen molar-refractivity contribution >= 4 is 11.6 Å². The number of benzene rings is 1. The van der Waals surface area contributed by atoms with E-state index in [0.29, 0.717) is 6.42 Å². The van der Waals surface area contributed by atoms with Crippen LogP contribution in [0.15, 0.2) is 55.1 Å². The molecule has 2 aromatic heterocycles. The van der Waals surface area contributed by atoms with Crippen LogP contribution in [-0.4, -0.2) is 25.7 Å². The highest BCUT2D eigenvalue weighted by Crippen LogP contribution is 2.18. The molecule has 6 heteroatoms. The fraction of sp³-hybridized carbons (Fsp3) is 0.222. The highest BCUT2D eigenvalue weighted by Gasteiger charge is 2.06. The van der Waals surface area contributed by atoms with Gasteiger partial charge in [0.05, 0.1) is 0 Å². The number of aryl methyl sites for hydroxylation is 2. The number of carbonyl (C=O) groups is 1. The highest BCUT2D eigenvalue weighted by atomic mass is 16.1. The summed E-state index contributed by atoms with van der Waals surface area (Å²) < 4.78 is 1.85. The predicted molar refractivity (Wildman–Crippen MR) is 92.2 cm³/mol. The van der Waals surface area contributed by atoms with Crippen molar-refractivity contribution in [2.45, 2.75) is 19.3 Å². The Morgan fingerprint density at radius 3 is 2.54 bits per heavy atom. The van der Waals surface area contributed by atoms with Crippen LogP contribution in [0.25, 0.3) is 11.4 Å². The third kappa shape index (κ3) is 4.04. The van der Waals surface area contributed by atoms with Gasteiger partial charge < -0.3 is 9.88 Å². The number of nitrogens with one attached hydrogen (secondary N) is 1. The molecule has 1 amide bonds. The molecule has 0 bridgehead atoms. The van der Waals surface area contributed by atoms with Crippen molar-refractivity contribution in [1.29, 1.82) is 0 Å². The van der Waals surface area contributed by atoms with Crippen molar-refractivity contribution in [3.8, 4) is 11.4 Å². The third-order valence-corrected chi connectivity index (χ3v) is 3.76. The summed E-state index contributed by atoms with van der Waals surface area (Å²) in [6.07, 6.45) is 7.39. The molecular weight excluding hydrogens is 302 g/mol. The van der Waals surface area contributed by atoms with Gasteiger partial charge in [-0.2, -0.15) is 0 Å². The average Bonchev–Trinajstić information content (AvgIpc) is 3.03. The van der Waals surface area contributed by atoms with Crippen LogP contribution < -0.4 is 5.32 Å². The first kappa shape index (κ1) is 15.9. The molecule has 0 aliphatic carbocycles. The Balaban J connectivity index is 1.50. The maximum Gasteiger partial charge on any atom is 0.224 e. The summed E-state index contributed by atoms with van der Waals surface area (Å²) in [4.78, 5) is 16.0. The van der Waals surface area contributed by atoms with Crippen LogP contribution in [0.1, 0.15) is 18.4 Å². The third-order valence-electron chi connectivity index (χ3n) is 3.76. The lowest BCUT2D eigenvalue weighted by molar-refractivity contribution is -0.116. The Kier molecular flexibility index (Phi) is 4.96. The molecule has 3 aromatic rings. The lowest BCUT2D eigenvalue weighted by Gasteiger charge is -2.06. The molecule has 1 aromatic carbocycles. The van der Waals surface area contributed by atoms with Crippen LogP contribution in [0.2, 0.25) is 0 Å². The number of amides is 1. The topological polar surface area (TPSA) is 72.7 Å². The van der Waals surface area contributed by atoms with E-state index in [-0.39, 0.29) is 5.91 Å². The fourth-order valence-electron chi connectivity index (χ4n) is 2.47. The smallest absolute Gasteiger partial charge is 0.224 e. The van der Waals surface area contributed by atoms with Crippen molar-refractivity contribution in [2.75, 3.05) is 5.32 Å². The van der Waals surface area contributed by atoms with Gasteiger partial charge in [0, 0.05) is 37.1 Å². The molecule has 0 saturated carbocycles. The van der Waals surface area contributed by atoms with E-state index >= 15 is 0 Å². The molecule has 0 atom stereocenters. The zero-order valence-corrected chi connectivity index (χ0v) is 13.5. The molecule has 2 heterocycles. The van der Waals surface area contributed by atoms with E-state index in [1.807, 2.05) is 48.0 Å². The summed E-state index contributed by atoms with van der Waals surface area (Å²) in [6, 6.07) is 11.6. The Hall–Kier alpha value is -3.02. The fourth-order valence-corrected chi connectivity index (χ4v) is 2.47. The van der Waals surface area contributed by atoms with Crippen LogP contribution in [0.4, 0.5) is 5.69 Å². The molecule has 24 heavy (non-hydrogen) atoms. The highest BCUT2D eigenvalue weighted by molar-refractivity contribution is 5.90. The van der Waals surface area contributed by atoms with Crippen molar-refractivity contribution < 1.29 is 4.79 Å². The summed E-state index contributed by atoms with van der Waals surface area (Å²) in [5.74, 6) is 0.820. The minimum Gasteiger partial charge on any atom is -0.326 e. The maximum atomic E-state index is 12.0. The molecule has 0 aliphatic rings. The van der Waals surface area contributed by atoms with E-state index in [1.165, 1.54) is 5.56 Å². The molecule has 0 saturated heterocycles. The Labute approximate surface area is 140 Å². The van der Waals surface area contributed by atoms with Gasteiger partial charge in [-0.05, 0) is 54.8 Å². The average molecular weight is 321 g/mol. The SMILES string of the molecule is Cn1cnnc1-c1ccc(NC(=O)CCCc2ccncc2)cc1. The van der Waals surface area contributed by atoms with Gasteiger partial charge in [-0.25, -0.2) is 0 Å². The van der Waals surface area contributed by atoms with Crippen molar-refractivity contribution in [3.63, 3.8) is 0 Å². The van der Waals surface area contributed by atoms with Gasteiger partial charge in [0.15, 0.2) is 5.82 Å². The molecule has 0 aliphatic heterocycles. The zero-order chi connectivity index (χ0) is 16.8. The van der Waals surface area contributed by atoms with Crippen LogP contribution in [-0.2, 0) is 18.3 Å². The van der Waals surface area contributed by atoms with Crippen molar-refractivity contribution in [2.24, 2.45) is 7.05 Å². The molecule has 1 N–H and O–H groups in total. The Bertz CT molecular complexity index is 796. The lowest BCUT2D eigenvalue weighted by Crippen LogP contribution is -2.11. The second-order valence-electron chi connectivity index (χ2n) is 5.60. The molecule has 3 rings (SSSR count). The first-order valence-electron chi connectivity index (χ1n) is 7.85. The summed E-state index contributed by atoms with van der Waals surface area (Å²) in [6.45, 7) is 0. The van der Waals surface area contributed by atoms with Crippen LogP contribution in [0.3, 0.4) is 0 Å². The lowest BCUT2D eigenvalue weighted by atomic mass is 10.1. The molecule has 0 unspecified atom stereocenters. The Morgan fingerprint density at radius 1 is 1.12 bits per heavy atom. The molecule has 0 spiro atoms. The number of hydrogen-bond acceptors (Lipinski definition) is 4. The van der Waals surface area contributed by atoms with Gasteiger partial charge in [0.25, 0.3) is 0 Å². The normalized spacial score (nSPS) is 10.5. The van der Waals surface area contributed by atoms with Crippen molar-refractivity contribution in [1.82, 2.24) is 19.7 Å². The van der Waals surface area contributed by atoms with E-state index in [2.05, 4.69) is 20.5 Å². The summed E-state index contributed by atoms with van der Waals surface area (Å²) in [5.41, 5.74) is 2.95. The summed E-state index contributed by atoms with van der Waals surface area (Å²) in [5, 5.41) is 10.9. The van der Waals surface area contributed by atoms with E-state index in [0.717, 1.165) is 29.9 Å². The van der Waals surface area contributed by atoms with E-state index in [1.54, 1.807) is 18.7 Å². The molecule has 0 fully saturated rings. The number of anilines is 1. The second-order valence-corrected chi connectivity index (χ2v) is 5.60. The van der Waals surface area contributed by atoms with Gasteiger partial charge in [-0.1, -0.05) is 0 Å². The predicted octanol–water partition coefficient (Wildman–Crippen LogP) is 2.84. The van der Waals surface area contributed by atoms with Crippen molar-refractivity contribution in [3.05, 3.63) is 60.7 Å². The number of carbonyl (C=O) groups excluding carboxylic acids is 1. The number of pyridine rings is 1. The van der Waals surface area contributed by atoms with Gasteiger partial charge in [-0.3, -0.25) is 9.78 Å². The number of aromatic nitrogens is 4. The van der Waals surface area contributed by atoms with Gasteiger partial charge in [0.1, 0.15) is 6.33 Å². The molecule has 0 radical (unpaired) electrons. The minimum atomic E-state index is 0.0236. The number of nitrogens with zero attached hydrogens (tertiary/aromatic N) is 4. The first-order chi connectivity index (χ1) is 11.7. The van der Waals surface area contributed by atoms with Crippen LogP contribution in [0, 0.1) is 0 Å². The second kappa shape index (κ2) is 7.50. The quantitative estimate of drug-likeness (QED) is 0.758. The van der Waals surface area contributed by atoms with Crippen LogP contribution in [0.5, 0.6) is 0 Å². The van der Waals surface area contributed by atoms with E-state index in [4.69, 9.17) is 0 Å². The van der Waals surface area contributed by atoms with Gasteiger partial charge in [-0.15, -0.1) is 10.2 Å². The number of rotatable bonds is 6. The van der Waals surface area contributed by atoms with E-state index < -0.39 is 0 Å². The molecule has 122 valence electrons. The van der Waals surface area contributed by atoms with Gasteiger partial charge >= 0.3 is 0 Å². The maximum absolute atomic E-state index is 12.0. The first-order valence-corrected chi connectivity index (χ1v) is 7.85. The van der Waals surface area contributed by atoms with Crippen LogP contribution >= 0.6 is 0 Å². The van der Waals surface area contributed by atoms with E-state index in [9.17, 15) is 4.79 Å². The largest absolute Gasteiger partial charge is 0.326 e. The monoisotopic (exact) mass is 321 g/mol. The summed E-state index contributed by atoms with van der Waals surface area (Å²) in [7, 11) is 1.90. The molecule has 6 nitrogen and oxygen atoms in total. The molecular formula is C18H19N5O. The standard InChI is InChI=1S/C18H19N5O/c1-23-13-20-22-18(23)15-5-7-16(8-6-15)21-17(24)4-2-3-14-9-11-19-12-10-14/h5-13H,2-4H2,1H3,(H,21,24). The minimum absolute atomic E-state index is 0.0236. The summed E-state index contributed by atoms with van der Waals surface area (Å²) >= 11 is 0. The van der Waals surface area contributed by atoms with Gasteiger partial charge in [0.2, 0.25) is 5.91 Å². The Morgan fingerprint density at radius 2 is 1.88 bits per heavy atom.